The molecule has 134 valence electrons. The maximum Gasteiger partial charge on any atom is 0.417 e. The third-order valence-electron chi connectivity index (χ3n) is 5.09. The first kappa shape index (κ1) is 17.5. The Kier molecular flexibility index (Phi) is 5.30. The Labute approximate surface area is 140 Å². The molecule has 3 atom stereocenters. The van der Waals surface area contributed by atoms with Crippen molar-refractivity contribution in [2.75, 3.05) is 18.0 Å². The molecule has 3 rings (SSSR count). The van der Waals surface area contributed by atoms with Gasteiger partial charge in [0.05, 0.1) is 5.56 Å². The van der Waals surface area contributed by atoms with E-state index in [9.17, 15) is 13.2 Å². The van der Waals surface area contributed by atoms with Gasteiger partial charge in [0.15, 0.2) is 0 Å². The van der Waals surface area contributed by atoms with Crippen molar-refractivity contribution in [3.8, 4) is 0 Å². The van der Waals surface area contributed by atoms with Gasteiger partial charge < -0.3 is 16.0 Å². The number of nitrogens with zero attached hydrogens (tertiary/aromatic N) is 2. The van der Waals surface area contributed by atoms with Crippen molar-refractivity contribution >= 4 is 5.82 Å². The number of alkyl halides is 3. The maximum absolute atomic E-state index is 12.6. The summed E-state index contributed by atoms with van der Waals surface area (Å²) in [6.07, 6.45) is 3.24. The van der Waals surface area contributed by atoms with Crippen LogP contribution in [-0.4, -0.2) is 36.2 Å². The molecular weight excluding hydrogens is 317 g/mol. The summed E-state index contributed by atoms with van der Waals surface area (Å²) < 4.78 is 37.9. The van der Waals surface area contributed by atoms with Crippen LogP contribution >= 0.6 is 0 Å². The first-order valence-corrected chi connectivity index (χ1v) is 8.73. The molecule has 2 fully saturated rings. The Morgan fingerprint density at radius 2 is 1.92 bits per heavy atom. The molecule has 0 spiro atoms. The fourth-order valence-electron chi connectivity index (χ4n) is 3.73. The first-order valence-electron chi connectivity index (χ1n) is 8.73. The molecular formula is C17H25F3N4. The molecule has 0 radical (unpaired) electrons. The fourth-order valence-corrected chi connectivity index (χ4v) is 3.73. The second-order valence-electron chi connectivity index (χ2n) is 6.91. The van der Waals surface area contributed by atoms with Gasteiger partial charge in [0.2, 0.25) is 0 Å². The summed E-state index contributed by atoms with van der Waals surface area (Å²) in [7, 11) is 0. The molecule has 2 aliphatic rings. The van der Waals surface area contributed by atoms with Crippen LogP contribution in [0.2, 0.25) is 0 Å². The van der Waals surface area contributed by atoms with E-state index in [-0.39, 0.29) is 6.04 Å². The van der Waals surface area contributed by atoms with Crippen LogP contribution in [0.15, 0.2) is 18.3 Å². The smallest absolute Gasteiger partial charge is 0.355 e. The number of aromatic nitrogens is 1. The highest BCUT2D eigenvalue weighted by Gasteiger charge is 2.31. The molecule has 1 aliphatic carbocycles. The average molecular weight is 342 g/mol. The lowest BCUT2D eigenvalue weighted by atomic mass is 9.90. The van der Waals surface area contributed by atoms with Crippen LogP contribution in [0.1, 0.15) is 44.1 Å². The number of anilines is 1. The van der Waals surface area contributed by atoms with Gasteiger partial charge in [-0.2, -0.15) is 13.2 Å². The molecule has 4 nitrogen and oxygen atoms in total. The second kappa shape index (κ2) is 7.27. The average Bonchev–Trinajstić information content (AvgIpc) is 2.57. The van der Waals surface area contributed by atoms with Crippen LogP contribution in [0, 0.1) is 0 Å². The van der Waals surface area contributed by atoms with E-state index in [4.69, 9.17) is 5.73 Å². The fraction of sp³-hybridized carbons (Fsp3) is 0.706. The van der Waals surface area contributed by atoms with Gasteiger partial charge in [-0.15, -0.1) is 0 Å². The number of hydrogen-bond acceptors (Lipinski definition) is 4. The molecule has 1 aromatic rings. The summed E-state index contributed by atoms with van der Waals surface area (Å²) >= 11 is 0. The van der Waals surface area contributed by atoms with E-state index < -0.39 is 11.7 Å². The third kappa shape index (κ3) is 4.19. The van der Waals surface area contributed by atoms with Gasteiger partial charge >= 0.3 is 6.18 Å². The SMILES string of the molecule is N[C@@H]1CCCC[C@H]1NC1CCCN(c2ccc(C(F)(F)F)cn2)C1. The standard InChI is InChI=1S/C17H25F3N4/c18-17(19,20)12-7-8-16(22-10-12)24-9-3-4-13(11-24)23-15-6-2-1-5-14(15)21/h7-8,10,13-15,23H,1-6,9,11,21H2/t13?,14-,15-/m1/s1. The highest BCUT2D eigenvalue weighted by Crippen LogP contribution is 2.30. The Morgan fingerprint density at radius 3 is 2.58 bits per heavy atom. The third-order valence-corrected chi connectivity index (χ3v) is 5.09. The van der Waals surface area contributed by atoms with E-state index in [2.05, 4.69) is 15.2 Å². The number of hydrogen-bond donors (Lipinski definition) is 2. The monoisotopic (exact) mass is 342 g/mol. The predicted octanol–water partition coefficient (Wildman–Crippen LogP) is 2.93. The number of nitrogens with one attached hydrogen (secondary N) is 1. The van der Waals surface area contributed by atoms with Crippen molar-refractivity contribution in [3.63, 3.8) is 0 Å². The molecule has 1 unspecified atom stereocenters. The molecule has 24 heavy (non-hydrogen) atoms. The van der Waals surface area contributed by atoms with Crippen LogP contribution in [0.4, 0.5) is 19.0 Å². The summed E-state index contributed by atoms with van der Waals surface area (Å²) in [6.45, 7) is 1.59. The van der Waals surface area contributed by atoms with Gasteiger partial charge in [0.25, 0.3) is 0 Å². The molecule has 3 N–H and O–H groups in total. The molecule has 1 saturated heterocycles. The van der Waals surface area contributed by atoms with E-state index in [0.717, 1.165) is 51.0 Å². The van der Waals surface area contributed by atoms with Crippen LogP contribution in [-0.2, 0) is 6.18 Å². The number of pyridine rings is 1. The van der Waals surface area contributed by atoms with E-state index in [1.54, 1.807) is 0 Å². The second-order valence-corrected chi connectivity index (χ2v) is 6.91. The molecule has 1 aliphatic heterocycles. The normalized spacial score (nSPS) is 28.8. The van der Waals surface area contributed by atoms with Crippen molar-refractivity contribution in [2.45, 2.75) is 62.8 Å². The topological polar surface area (TPSA) is 54.2 Å². The zero-order valence-electron chi connectivity index (χ0n) is 13.7. The maximum atomic E-state index is 12.6. The van der Waals surface area contributed by atoms with Crippen molar-refractivity contribution < 1.29 is 13.2 Å². The molecule has 0 amide bonds. The van der Waals surface area contributed by atoms with E-state index in [1.807, 2.05) is 0 Å². The number of rotatable bonds is 3. The molecule has 0 aromatic carbocycles. The van der Waals surface area contributed by atoms with E-state index in [1.165, 1.54) is 18.9 Å². The van der Waals surface area contributed by atoms with Crippen molar-refractivity contribution in [1.82, 2.24) is 10.3 Å². The lowest BCUT2D eigenvalue weighted by molar-refractivity contribution is -0.137. The molecule has 1 saturated carbocycles. The predicted molar refractivity (Wildman–Crippen MR) is 87.8 cm³/mol. The minimum absolute atomic E-state index is 0.207. The number of nitrogens with two attached hydrogens (primary N) is 1. The summed E-state index contributed by atoms with van der Waals surface area (Å²) in [6, 6.07) is 3.45. The van der Waals surface area contributed by atoms with Gasteiger partial charge in [-0.1, -0.05) is 12.8 Å². The van der Waals surface area contributed by atoms with Gasteiger partial charge in [0.1, 0.15) is 5.82 Å². The van der Waals surface area contributed by atoms with Gasteiger partial charge in [-0.05, 0) is 37.8 Å². The van der Waals surface area contributed by atoms with Crippen LogP contribution in [0.5, 0.6) is 0 Å². The summed E-state index contributed by atoms with van der Waals surface area (Å²) in [5.74, 6) is 0.613. The minimum atomic E-state index is -4.34. The number of piperidine rings is 1. The van der Waals surface area contributed by atoms with Gasteiger partial charge in [-0.25, -0.2) is 4.98 Å². The highest BCUT2D eigenvalue weighted by molar-refractivity contribution is 5.40. The summed E-state index contributed by atoms with van der Waals surface area (Å²) in [5, 5.41) is 3.67. The first-order chi connectivity index (χ1) is 11.4. The van der Waals surface area contributed by atoms with Crippen LogP contribution in [0.3, 0.4) is 0 Å². The molecule has 7 heteroatoms. The van der Waals surface area contributed by atoms with Gasteiger partial charge in [-0.3, -0.25) is 0 Å². The van der Waals surface area contributed by atoms with Crippen LogP contribution < -0.4 is 16.0 Å². The zero-order chi connectivity index (χ0) is 17.2. The minimum Gasteiger partial charge on any atom is -0.355 e. The lowest BCUT2D eigenvalue weighted by Gasteiger charge is -2.38. The Hall–Kier alpha value is -1.34. The lowest BCUT2D eigenvalue weighted by Crippen LogP contribution is -2.55. The van der Waals surface area contributed by atoms with Crippen molar-refractivity contribution in [3.05, 3.63) is 23.9 Å². The Bertz CT molecular complexity index is 532. The van der Waals surface area contributed by atoms with Gasteiger partial charge in [0, 0.05) is 37.4 Å². The zero-order valence-corrected chi connectivity index (χ0v) is 13.7. The molecule has 0 bridgehead atoms. The van der Waals surface area contributed by atoms with E-state index >= 15 is 0 Å². The molecule has 1 aromatic heterocycles. The summed E-state index contributed by atoms with van der Waals surface area (Å²) in [5.41, 5.74) is 5.50. The number of halogens is 3. The summed E-state index contributed by atoms with van der Waals surface area (Å²) in [4.78, 5) is 6.08. The largest absolute Gasteiger partial charge is 0.417 e. The highest BCUT2D eigenvalue weighted by atomic mass is 19.4. The quantitative estimate of drug-likeness (QED) is 0.887. The Balaban J connectivity index is 1.60. The van der Waals surface area contributed by atoms with E-state index in [0.29, 0.717) is 17.9 Å². The Morgan fingerprint density at radius 1 is 1.12 bits per heavy atom. The van der Waals surface area contributed by atoms with Crippen molar-refractivity contribution in [1.29, 1.82) is 0 Å². The molecule has 2 heterocycles. The van der Waals surface area contributed by atoms with Crippen molar-refractivity contribution in [2.24, 2.45) is 5.73 Å². The van der Waals surface area contributed by atoms with Crippen LogP contribution in [0.25, 0.3) is 0 Å².